The second-order valence-corrected chi connectivity index (χ2v) is 2.75. The Balaban J connectivity index is 3.12. The van der Waals surface area contributed by atoms with E-state index in [1.165, 1.54) is 0 Å². The summed E-state index contributed by atoms with van der Waals surface area (Å²) in [5, 5.41) is 0. The summed E-state index contributed by atoms with van der Waals surface area (Å²) in [5.74, 6) is 2.45. The van der Waals surface area contributed by atoms with Crippen LogP contribution in [0.2, 0.25) is 0 Å². The Labute approximate surface area is 67.6 Å². The molecule has 2 heteroatoms. The molecule has 1 heterocycles. The third-order valence-electron chi connectivity index (χ3n) is 0.870. The fraction of sp³-hybridized carbons (Fsp3) is 0. The molecule has 0 aliphatic heterocycles. The van der Waals surface area contributed by atoms with Crippen molar-refractivity contribution in [1.29, 1.82) is 0 Å². The van der Waals surface area contributed by atoms with Gasteiger partial charge in [-0.25, -0.2) is 4.98 Å². The molecule has 0 N–H and O–H groups in total. The highest BCUT2D eigenvalue weighted by atomic mass is 127. The molecule has 0 aliphatic carbocycles. The molecule has 0 radical (unpaired) electrons. The fourth-order valence-corrected chi connectivity index (χ4v) is 0.939. The maximum absolute atomic E-state index is 5.10. The van der Waals surface area contributed by atoms with Gasteiger partial charge in [0.15, 0.2) is 0 Å². The summed E-state index contributed by atoms with van der Waals surface area (Å²) in [6.45, 7) is 0. The molecular weight excluding hydrogens is 225 g/mol. The first kappa shape index (κ1) is 6.56. The van der Waals surface area contributed by atoms with Crippen LogP contribution in [0.15, 0.2) is 18.3 Å². The second-order valence-electron chi connectivity index (χ2n) is 1.50. The lowest BCUT2D eigenvalue weighted by molar-refractivity contribution is 1.28. The van der Waals surface area contributed by atoms with E-state index >= 15 is 0 Å². The van der Waals surface area contributed by atoms with E-state index in [1.807, 2.05) is 12.1 Å². The van der Waals surface area contributed by atoms with Crippen molar-refractivity contribution in [3.05, 3.63) is 27.6 Å². The average Bonchev–Trinajstić information content (AvgIpc) is 1.88. The van der Waals surface area contributed by atoms with E-state index in [2.05, 4.69) is 33.5 Å². The highest BCUT2D eigenvalue weighted by Gasteiger charge is 1.86. The SMILES string of the molecule is C#Cc1cc(I)ccn1. The monoisotopic (exact) mass is 229 g/mol. The molecule has 1 aromatic heterocycles. The maximum atomic E-state index is 5.10. The first-order chi connectivity index (χ1) is 4.33. The van der Waals surface area contributed by atoms with Crippen LogP contribution in [0.5, 0.6) is 0 Å². The summed E-state index contributed by atoms with van der Waals surface area (Å²) in [6.07, 6.45) is 6.81. The predicted octanol–water partition coefficient (Wildman–Crippen LogP) is 1.67. The van der Waals surface area contributed by atoms with Crippen LogP contribution in [0.4, 0.5) is 0 Å². The molecule has 44 valence electrons. The minimum Gasteiger partial charge on any atom is -0.248 e. The van der Waals surface area contributed by atoms with Crippen molar-refractivity contribution in [1.82, 2.24) is 4.98 Å². The fourth-order valence-electron chi connectivity index (χ4n) is 0.484. The zero-order valence-corrected chi connectivity index (χ0v) is 6.79. The predicted molar refractivity (Wildman–Crippen MR) is 44.9 cm³/mol. The van der Waals surface area contributed by atoms with Crippen molar-refractivity contribution in [2.45, 2.75) is 0 Å². The van der Waals surface area contributed by atoms with Crippen LogP contribution in [-0.4, -0.2) is 4.98 Å². The summed E-state index contributed by atoms with van der Waals surface area (Å²) < 4.78 is 1.12. The normalized spacial score (nSPS) is 8.44. The van der Waals surface area contributed by atoms with Gasteiger partial charge in [-0.2, -0.15) is 0 Å². The van der Waals surface area contributed by atoms with Crippen LogP contribution in [0, 0.1) is 15.9 Å². The number of terminal acetylenes is 1. The van der Waals surface area contributed by atoms with Crippen molar-refractivity contribution in [2.75, 3.05) is 0 Å². The smallest absolute Gasteiger partial charge is 0.113 e. The van der Waals surface area contributed by atoms with Crippen LogP contribution in [-0.2, 0) is 0 Å². The molecule has 1 aromatic rings. The van der Waals surface area contributed by atoms with E-state index in [0.29, 0.717) is 5.69 Å². The molecule has 0 aromatic carbocycles. The largest absolute Gasteiger partial charge is 0.248 e. The lowest BCUT2D eigenvalue weighted by Gasteiger charge is -1.88. The Kier molecular flexibility index (Phi) is 2.06. The minimum absolute atomic E-state index is 0.696. The number of nitrogens with zero attached hydrogens (tertiary/aromatic N) is 1. The molecule has 0 unspecified atom stereocenters. The number of halogens is 1. The van der Waals surface area contributed by atoms with Gasteiger partial charge in [0.25, 0.3) is 0 Å². The van der Waals surface area contributed by atoms with Gasteiger partial charge >= 0.3 is 0 Å². The van der Waals surface area contributed by atoms with Gasteiger partial charge in [-0.15, -0.1) is 6.42 Å². The number of rotatable bonds is 0. The first-order valence-corrected chi connectivity index (χ1v) is 3.49. The van der Waals surface area contributed by atoms with Crippen LogP contribution in [0.1, 0.15) is 5.69 Å². The topological polar surface area (TPSA) is 12.9 Å². The van der Waals surface area contributed by atoms with E-state index in [9.17, 15) is 0 Å². The van der Waals surface area contributed by atoms with E-state index in [-0.39, 0.29) is 0 Å². The third kappa shape index (κ3) is 1.68. The van der Waals surface area contributed by atoms with Crippen molar-refractivity contribution in [3.8, 4) is 12.3 Å². The number of aromatic nitrogens is 1. The molecule has 0 atom stereocenters. The molecule has 0 aliphatic rings. The van der Waals surface area contributed by atoms with E-state index in [0.717, 1.165) is 3.57 Å². The van der Waals surface area contributed by atoms with E-state index in [4.69, 9.17) is 6.42 Å². The second kappa shape index (κ2) is 2.83. The Bertz CT molecular complexity index is 249. The van der Waals surface area contributed by atoms with Crippen molar-refractivity contribution in [3.63, 3.8) is 0 Å². The molecule has 1 nitrogen and oxygen atoms in total. The summed E-state index contributed by atoms with van der Waals surface area (Å²) in [6, 6.07) is 3.77. The van der Waals surface area contributed by atoms with Gasteiger partial charge in [0.1, 0.15) is 5.69 Å². The zero-order valence-electron chi connectivity index (χ0n) is 4.63. The first-order valence-electron chi connectivity index (χ1n) is 2.41. The number of hydrogen-bond acceptors (Lipinski definition) is 1. The van der Waals surface area contributed by atoms with Gasteiger partial charge in [0.2, 0.25) is 0 Å². The standard InChI is InChI=1S/C7H4IN/c1-2-7-5-6(8)3-4-9-7/h1,3-5H. The van der Waals surface area contributed by atoms with Gasteiger partial charge in [0.05, 0.1) is 0 Å². The van der Waals surface area contributed by atoms with Crippen molar-refractivity contribution < 1.29 is 0 Å². The Hall–Kier alpha value is -0.560. The van der Waals surface area contributed by atoms with Gasteiger partial charge in [-0.3, -0.25) is 0 Å². The summed E-state index contributed by atoms with van der Waals surface area (Å²) >= 11 is 2.19. The molecule has 0 saturated heterocycles. The minimum atomic E-state index is 0.696. The van der Waals surface area contributed by atoms with Crippen LogP contribution in [0.3, 0.4) is 0 Å². The molecule has 0 bridgehead atoms. The zero-order chi connectivity index (χ0) is 6.69. The Morgan fingerprint density at radius 3 is 2.89 bits per heavy atom. The molecule has 0 fully saturated rings. The van der Waals surface area contributed by atoms with Crippen LogP contribution >= 0.6 is 22.6 Å². The molecular formula is C7H4IN. The maximum Gasteiger partial charge on any atom is 0.113 e. The van der Waals surface area contributed by atoms with Crippen molar-refractivity contribution in [2.24, 2.45) is 0 Å². The molecule has 1 rings (SSSR count). The molecule has 9 heavy (non-hydrogen) atoms. The molecule has 0 spiro atoms. The number of hydrogen-bond donors (Lipinski definition) is 0. The van der Waals surface area contributed by atoms with Crippen molar-refractivity contribution >= 4 is 22.6 Å². The molecule has 0 amide bonds. The lowest BCUT2D eigenvalue weighted by Crippen LogP contribution is -1.80. The van der Waals surface area contributed by atoms with Gasteiger partial charge in [-0.1, -0.05) is 5.92 Å². The molecule has 0 saturated carbocycles. The number of pyridine rings is 1. The third-order valence-corrected chi connectivity index (χ3v) is 1.54. The van der Waals surface area contributed by atoms with Gasteiger partial charge < -0.3 is 0 Å². The van der Waals surface area contributed by atoms with Crippen LogP contribution < -0.4 is 0 Å². The summed E-state index contributed by atoms with van der Waals surface area (Å²) in [4.78, 5) is 3.92. The van der Waals surface area contributed by atoms with Crippen LogP contribution in [0.25, 0.3) is 0 Å². The summed E-state index contributed by atoms with van der Waals surface area (Å²) in [7, 11) is 0. The van der Waals surface area contributed by atoms with E-state index in [1.54, 1.807) is 6.20 Å². The quantitative estimate of drug-likeness (QED) is 0.487. The Morgan fingerprint density at radius 2 is 2.44 bits per heavy atom. The highest BCUT2D eigenvalue weighted by Crippen LogP contribution is 2.02. The highest BCUT2D eigenvalue weighted by molar-refractivity contribution is 14.1. The van der Waals surface area contributed by atoms with Gasteiger partial charge in [-0.05, 0) is 34.7 Å². The lowest BCUT2D eigenvalue weighted by atomic mass is 10.4. The average molecular weight is 229 g/mol. The van der Waals surface area contributed by atoms with Gasteiger partial charge in [0, 0.05) is 9.77 Å². The Morgan fingerprint density at radius 1 is 1.67 bits per heavy atom. The summed E-state index contributed by atoms with van der Waals surface area (Å²) in [5.41, 5.74) is 0.696. The van der Waals surface area contributed by atoms with E-state index < -0.39 is 0 Å².